The molecule has 0 saturated carbocycles. The van der Waals surface area contributed by atoms with Gasteiger partial charge in [-0.15, -0.1) is 0 Å². The van der Waals surface area contributed by atoms with Crippen LogP contribution in [0.15, 0.2) is 30.3 Å². The van der Waals surface area contributed by atoms with E-state index in [1.165, 1.54) is 12.6 Å². The highest BCUT2D eigenvalue weighted by Crippen LogP contribution is 2.22. The van der Waals surface area contributed by atoms with E-state index in [0.29, 0.717) is 5.92 Å². The number of nitrogens with zero attached hydrogens (tertiary/aromatic N) is 1. The van der Waals surface area contributed by atoms with E-state index in [1.54, 1.807) is 0 Å². The average Bonchev–Trinajstić information content (AvgIpc) is 2.55. The van der Waals surface area contributed by atoms with E-state index in [4.69, 9.17) is 0 Å². The van der Waals surface area contributed by atoms with Crippen LogP contribution in [0, 0.1) is 5.92 Å². The molecule has 0 aliphatic carbocycles. The number of carbonyl (C=O) groups excluding carboxylic acids is 2. The van der Waals surface area contributed by atoms with Gasteiger partial charge in [-0.25, -0.2) is 4.79 Å². The number of hydrogen-bond donors (Lipinski definition) is 2. The SMILES string of the molecule is CNC(=O)NC(=O)C(C)N1CCC(Cc2ccccc2)CC1. The first-order valence-corrected chi connectivity index (χ1v) is 7.90. The van der Waals surface area contributed by atoms with E-state index in [2.05, 4.69) is 39.8 Å². The van der Waals surface area contributed by atoms with Crippen molar-refractivity contribution in [3.8, 4) is 0 Å². The number of hydrogen-bond acceptors (Lipinski definition) is 3. The summed E-state index contributed by atoms with van der Waals surface area (Å²) >= 11 is 0. The second-order valence-corrected chi connectivity index (χ2v) is 5.91. The van der Waals surface area contributed by atoms with Crippen molar-refractivity contribution in [2.24, 2.45) is 5.92 Å². The molecular formula is C17H25N3O2. The van der Waals surface area contributed by atoms with Gasteiger partial charge in [0.2, 0.25) is 5.91 Å². The van der Waals surface area contributed by atoms with Crippen LogP contribution in [-0.2, 0) is 11.2 Å². The highest BCUT2D eigenvalue weighted by atomic mass is 16.2. The van der Waals surface area contributed by atoms with Crippen LogP contribution in [0.25, 0.3) is 0 Å². The van der Waals surface area contributed by atoms with Gasteiger partial charge in [0, 0.05) is 7.05 Å². The fraction of sp³-hybridized carbons (Fsp3) is 0.529. The van der Waals surface area contributed by atoms with Crippen molar-refractivity contribution in [1.82, 2.24) is 15.5 Å². The van der Waals surface area contributed by atoms with Crippen LogP contribution >= 0.6 is 0 Å². The molecule has 1 aromatic carbocycles. The van der Waals surface area contributed by atoms with Crippen molar-refractivity contribution >= 4 is 11.9 Å². The first kappa shape index (κ1) is 16.5. The summed E-state index contributed by atoms with van der Waals surface area (Å²) in [5.74, 6) is 0.439. The molecule has 120 valence electrons. The molecule has 0 bridgehead atoms. The second-order valence-electron chi connectivity index (χ2n) is 5.91. The van der Waals surface area contributed by atoms with Crippen LogP contribution in [-0.4, -0.2) is 43.0 Å². The maximum Gasteiger partial charge on any atom is 0.321 e. The zero-order valence-corrected chi connectivity index (χ0v) is 13.3. The molecule has 5 heteroatoms. The molecule has 1 aliphatic rings. The van der Waals surface area contributed by atoms with Crippen molar-refractivity contribution in [2.45, 2.75) is 32.2 Å². The molecule has 1 saturated heterocycles. The zero-order valence-electron chi connectivity index (χ0n) is 13.3. The lowest BCUT2D eigenvalue weighted by atomic mass is 9.89. The molecule has 22 heavy (non-hydrogen) atoms. The van der Waals surface area contributed by atoms with Gasteiger partial charge in [-0.2, -0.15) is 0 Å². The Hall–Kier alpha value is -1.88. The van der Waals surface area contributed by atoms with Gasteiger partial charge >= 0.3 is 6.03 Å². The predicted molar refractivity (Wildman–Crippen MR) is 86.5 cm³/mol. The van der Waals surface area contributed by atoms with Crippen molar-refractivity contribution in [2.75, 3.05) is 20.1 Å². The molecule has 0 aromatic heterocycles. The molecule has 0 radical (unpaired) electrons. The van der Waals surface area contributed by atoms with E-state index in [9.17, 15) is 9.59 Å². The Balaban J connectivity index is 1.79. The molecular weight excluding hydrogens is 278 g/mol. The van der Waals surface area contributed by atoms with Gasteiger partial charge in [-0.3, -0.25) is 15.0 Å². The number of urea groups is 1. The minimum absolute atomic E-state index is 0.235. The minimum atomic E-state index is -0.448. The van der Waals surface area contributed by atoms with Gasteiger partial charge in [0.15, 0.2) is 0 Å². The molecule has 3 amide bonds. The Morgan fingerprint density at radius 2 is 1.86 bits per heavy atom. The van der Waals surface area contributed by atoms with E-state index >= 15 is 0 Å². The first-order chi connectivity index (χ1) is 10.6. The average molecular weight is 303 g/mol. The van der Waals surface area contributed by atoms with E-state index in [1.807, 2.05) is 13.0 Å². The lowest BCUT2D eigenvalue weighted by molar-refractivity contribution is -0.125. The van der Waals surface area contributed by atoms with Crippen molar-refractivity contribution in [3.63, 3.8) is 0 Å². The van der Waals surface area contributed by atoms with E-state index < -0.39 is 6.03 Å². The fourth-order valence-corrected chi connectivity index (χ4v) is 2.94. The number of amides is 3. The number of nitrogens with one attached hydrogen (secondary N) is 2. The van der Waals surface area contributed by atoms with Gasteiger partial charge < -0.3 is 5.32 Å². The van der Waals surface area contributed by atoms with E-state index in [0.717, 1.165) is 32.4 Å². The Kier molecular flexibility index (Phi) is 5.95. The molecule has 5 nitrogen and oxygen atoms in total. The number of imide groups is 1. The predicted octanol–water partition coefficient (Wildman–Crippen LogP) is 1.79. The van der Waals surface area contributed by atoms with Gasteiger partial charge in [0.05, 0.1) is 6.04 Å². The molecule has 1 aliphatic heterocycles. The lowest BCUT2D eigenvalue weighted by Crippen LogP contribution is -2.51. The molecule has 0 spiro atoms. The van der Waals surface area contributed by atoms with Crippen LogP contribution in [0.2, 0.25) is 0 Å². The third-order valence-electron chi connectivity index (χ3n) is 4.41. The minimum Gasteiger partial charge on any atom is -0.341 e. The Morgan fingerprint density at radius 3 is 2.45 bits per heavy atom. The number of piperidine rings is 1. The smallest absolute Gasteiger partial charge is 0.321 e. The maximum absolute atomic E-state index is 12.0. The molecule has 2 N–H and O–H groups in total. The Labute approximate surface area is 132 Å². The molecule has 1 fully saturated rings. The monoisotopic (exact) mass is 303 g/mol. The quantitative estimate of drug-likeness (QED) is 0.891. The number of rotatable bonds is 4. The molecule has 1 unspecified atom stereocenters. The van der Waals surface area contributed by atoms with Crippen molar-refractivity contribution in [1.29, 1.82) is 0 Å². The van der Waals surface area contributed by atoms with Crippen LogP contribution < -0.4 is 10.6 Å². The topological polar surface area (TPSA) is 61.4 Å². The van der Waals surface area contributed by atoms with Crippen molar-refractivity contribution < 1.29 is 9.59 Å². The maximum atomic E-state index is 12.0. The summed E-state index contributed by atoms with van der Waals surface area (Å²) in [7, 11) is 1.50. The Bertz CT molecular complexity index is 496. The fourth-order valence-electron chi connectivity index (χ4n) is 2.94. The Morgan fingerprint density at radius 1 is 1.23 bits per heavy atom. The molecule has 1 aromatic rings. The summed E-state index contributed by atoms with van der Waals surface area (Å²) in [5, 5.41) is 4.75. The standard InChI is InChI=1S/C17H25N3O2/c1-13(16(21)19-17(22)18-2)20-10-8-15(9-11-20)12-14-6-4-3-5-7-14/h3-7,13,15H,8-12H2,1-2H3,(H2,18,19,21,22). The highest BCUT2D eigenvalue weighted by Gasteiger charge is 2.27. The van der Waals surface area contributed by atoms with E-state index in [-0.39, 0.29) is 11.9 Å². The third-order valence-corrected chi connectivity index (χ3v) is 4.41. The second kappa shape index (κ2) is 7.94. The van der Waals surface area contributed by atoms with Crippen LogP contribution in [0.5, 0.6) is 0 Å². The summed E-state index contributed by atoms with van der Waals surface area (Å²) < 4.78 is 0. The van der Waals surface area contributed by atoms with Gasteiger partial charge in [0.1, 0.15) is 0 Å². The third kappa shape index (κ3) is 4.56. The number of benzene rings is 1. The van der Waals surface area contributed by atoms with Crippen molar-refractivity contribution in [3.05, 3.63) is 35.9 Å². The summed E-state index contributed by atoms with van der Waals surface area (Å²) in [6.07, 6.45) is 3.28. The molecule has 1 heterocycles. The molecule has 1 atom stereocenters. The largest absolute Gasteiger partial charge is 0.341 e. The summed E-state index contributed by atoms with van der Waals surface area (Å²) in [6, 6.07) is 9.83. The number of carbonyl (C=O) groups is 2. The zero-order chi connectivity index (χ0) is 15.9. The summed E-state index contributed by atoms with van der Waals surface area (Å²) in [5.41, 5.74) is 1.38. The van der Waals surface area contributed by atoms with Gasteiger partial charge in [-0.1, -0.05) is 30.3 Å². The van der Waals surface area contributed by atoms with Gasteiger partial charge in [0.25, 0.3) is 0 Å². The number of likely N-dealkylation sites (tertiary alicyclic amines) is 1. The van der Waals surface area contributed by atoms with Crippen LogP contribution in [0.4, 0.5) is 4.79 Å². The lowest BCUT2D eigenvalue weighted by Gasteiger charge is -2.35. The van der Waals surface area contributed by atoms with Gasteiger partial charge in [-0.05, 0) is 50.8 Å². The summed E-state index contributed by atoms with van der Waals surface area (Å²) in [6.45, 7) is 3.66. The normalized spacial score (nSPS) is 17.7. The molecule has 2 rings (SSSR count). The first-order valence-electron chi connectivity index (χ1n) is 7.90. The highest BCUT2D eigenvalue weighted by molar-refractivity contribution is 5.96. The van der Waals surface area contributed by atoms with Crippen LogP contribution in [0.3, 0.4) is 0 Å². The summed E-state index contributed by atoms with van der Waals surface area (Å²) in [4.78, 5) is 25.3. The van der Waals surface area contributed by atoms with Crippen LogP contribution in [0.1, 0.15) is 25.3 Å².